The zero-order valence-electron chi connectivity index (χ0n) is 27.3. The molecule has 5 rings (SSSR count). The summed E-state index contributed by atoms with van der Waals surface area (Å²) in [5.41, 5.74) is 6.13. The third-order valence-electron chi connectivity index (χ3n) is 8.60. The number of rotatable bonds is 4. The highest BCUT2D eigenvalue weighted by molar-refractivity contribution is 8.00. The van der Waals surface area contributed by atoms with Crippen molar-refractivity contribution < 1.29 is 4.74 Å². The lowest BCUT2D eigenvalue weighted by atomic mass is 9.70. The van der Waals surface area contributed by atoms with Crippen molar-refractivity contribution in [2.75, 3.05) is 11.3 Å². The fourth-order valence-electron chi connectivity index (χ4n) is 6.63. The molecule has 236 valence electrons. The van der Waals surface area contributed by atoms with Crippen molar-refractivity contribution in [1.29, 1.82) is 0 Å². The SMILES string of the molecule is C.CCC.Cc1cccc(C)c1-c1cc2nc(n1)NSc1cccc(c1)C(CC1CCC(C)CC1)C(CC(C)(C)C)CO2. The van der Waals surface area contributed by atoms with Crippen LogP contribution in [0.4, 0.5) is 5.95 Å². The first-order valence-electron chi connectivity index (χ1n) is 16.2. The molecular weight excluding hydrogens is 547 g/mol. The Labute approximate surface area is 267 Å². The van der Waals surface area contributed by atoms with Gasteiger partial charge in [-0.3, -0.25) is 4.72 Å². The van der Waals surface area contributed by atoms with Crippen LogP contribution in [-0.4, -0.2) is 16.6 Å². The Balaban J connectivity index is 0.00000121. The van der Waals surface area contributed by atoms with Crippen molar-refractivity contribution in [2.45, 2.75) is 119 Å². The number of anilines is 1. The minimum absolute atomic E-state index is 0. The molecule has 2 unspecified atom stereocenters. The summed E-state index contributed by atoms with van der Waals surface area (Å²) in [6.07, 6.45) is 9.03. The fraction of sp³-hybridized carbons (Fsp3) is 0.579. The van der Waals surface area contributed by atoms with Crippen LogP contribution < -0.4 is 9.46 Å². The smallest absolute Gasteiger partial charge is 0.237 e. The van der Waals surface area contributed by atoms with Crippen LogP contribution in [0.25, 0.3) is 11.3 Å². The highest BCUT2D eigenvalue weighted by Crippen LogP contribution is 2.43. The lowest BCUT2D eigenvalue weighted by molar-refractivity contribution is 0.147. The molecule has 0 radical (unpaired) electrons. The van der Waals surface area contributed by atoms with Crippen molar-refractivity contribution >= 4 is 17.9 Å². The molecule has 2 heterocycles. The summed E-state index contributed by atoms with van der Waals surface area (Å²) in [7, 11) is 0. The van der Waals surface area contributed by atoms with E-state index in [1.807, 2.05) is 6.07 Å². The number of fused-ring (bicyclic) bond motifs is 4. The highest BCUT2D eigenvalue weighted by atomic mass is 32.2. The minimum Gasteiger partial charge on any atom is -0.477 e. The Bertz CT molecular complexity index is 1270. The Hall–Kier alpha value is -2.53. The molecule has 1 saturated carbocycles. The van der Waals surface area contributed by atoms with Crippen LogP contribution in [-0.2, 0) is 0 Å². The van der Waals surface area contributed by atoms with E-state index in [2.05, 4.69) is 103 Å². The largest absolute Gasteiger partial charge is 0.477 e. The summed E-state index contributed by atoms with van der Waals surface area (Å²) in [5.74, 6) is 3.76. The molecule has 3 aromatic rings. The average Bonchev–Trinajstić information content (AvgIpc) is 2.93. The second-order valence-corrected chi connectivity index (χ2v) is 14.8. The van der Waals surface area contributed by atoms with Gasteiger partial charge in [0, 0.05) is 22.4 Å². The molecule has 1 N–H and O–H groups in total. The summed E-state index contributed by atoms with van der Waals surface area (Å²) in [5, 5.41) is 0. The van der Waals surface area contributed by atoms with E-state index in [1.54, 1.807) is 11.9 Å². The van der Waals surface area contributed by atoms with E-state index in [4.69, 9.17) is 14.7 Å². The van der Waals surface area contributed by atoms with Crippen molar-refractivity contribution in [1.82, 2.24) is 9.97 Å². The summed E-state index contributed by atoms with van der Waals surface area (Å²) in [6.45, 7) is 18.7. The van der Waals surface area contributed by atoms with Crippen LogP contribution in [0, 0.1) is 37.0 Å². The molecule has 2 atom stereocenters. The molecule has 5 heteroatoms. The molecule has 1 fully saturated rings. The third-order valence-corrected chi connectivity index (χ3v) is 9.37. The van der Waals surface area contributed by atoms with Gasteiger partial charge in [0.2, 0.25) is 11.8 Å². The molecule has 1 aliphatic heterocycles. The minimum atomic E-state index is 0. The van der Waals surface area contributed by atoms with E-state index in [0.717, 1.165) is 29.5 Å². The van der Waals surface area contributed by atoms with Crippen molar-refractivity contribution in [3.05, 3.63) is 65.2 Å². The highest BCUT2D eigenvalue weighted by Gasteiger charge is 2.32. The molecule has 1 aromatic heterocycles. The first kappa shape index (κ1) is 35.0. The molecule has 2 aromatic carbocycles. The van der Waals surface area contributed by atoms with Gasteiger partial charge in [-0.1, -0.05) is 111 Å². The van der Waals surface area contributed by atoms with Crippen LogP contribution in [0.15, 0.2) is 53.4 Å². The Morgan fingerprint density at radius 3 is 2.23 bits per heavy atom. The number of aromatic nitrogens is 2. The lowest BCUT2D eigenvalue weighted by Gasteiger charge is -2.36. The predicted octanol–water partition coefficient (Wildman–Crippen LogP) is 11.7. The third kappa shape index (κ3) is 9.99. The first-order valence-corrected chi connectivity index (χ1v) is 17.0. The van der Waals surface area contributed by atoms with Gasteiger partial charge in [0.15, 0.2) is 0 Å². The van der Waals surface area contributed by atoms with Gasteiger partial charge < -0.3 is 4.74 Å². The number of hydrogen-bond acceptors (Lipinski definition) is 5. The Kier molecular flexibility index (Phi) is 13.0. The van der Waals surface area contributed by atoms with E-state index in [-0.39, 0.29) is 12.8 Å². The maximum atomic E-state index is 6.63. The number of hydrogen-bond donors (Lipinski definition) is 1. The maximum absolute atomic E-state index is 6.63. The molecule has 4 nitrogen and oxygen atoms in total. The standard InChI is InChI=1S/C34H45N3OS.C3H8.CH4/c1-22-13-15-25(16-14-22)17-29-26-11-8-12-28(18-26)39-37-33-35-30(32-23(2)9-7-10-24(32)3)19-31(36-33)38-21-27(29)20-34(4,5)6;1-3-2;/h7-12,18-19,22,25,27,29H,13-17,20-21H2,1-6H3,(H,35,36,37);3H2,1-2H3;1H4. The summed E-state index contributed by atoms with van der Waals surface area (Å²) in [4.78, 5) is 10.9. The van der Waals surface area contributed by atoms with Gasteiger partial charge in [0.25, 0.3) is 0 Å². The van der Waals surface area contributed by atoms with E-state index in [1.165, 1.54) is 60.1 Å². The molecule has 1 aliphatic carbocycles. The average molecular weight is 604 g/mol. The molecule has 0 amide bonds. The van der Waals surface area contributed by atoms with E-state index in [0.29, 0.717) is 30.3 Å². The van der Waals surface area contributed by atoms with E-state index in [9.17, 15) is 0 Å². The van der Waals surface area contributed by atoms with Gasteiger partial charge in [-0.25, -0.2) is 4.98 Å². The number of benzene rings is 2. The fourth-order valence-corrected chi connectivity index (χ4v) is 7.27. The molecule has 2 aliphatic rings. The zero-order chi connectivity index (χ0) is 30.3. The Morgan fingerprint density at radius 2 is 1.58 bits per heavy atom. The normalized spacial score (nSPS) is 21.9. The van der Waals surface area contributed by atoms with Crippen molar-refractivity contribution in [3.63, 3.8) is 0 Å². The van der Waals surface area contributed by atoms with Gasteiger partial charge in [0.05, 0.1) is 12.3 Å². The number of nitrogens with zero attached hydrogens (tertiary/aromatic N) is 2. The van der Waals surface area contributed by atoms with Gasteiger partial charge in [0.1, 0.15) is 0 Å². The van der Waals surface area contributed by atoms with Gasteiger partial charge in [-0.05, 0) is 90.6 Å². The quantitative estimate of drug-likeness (QED) is 0.301. The molecule has 43 heavy (non-hydrogen) atoms. The summed E-state index contributed by atoms with van der Waals surface area (Å²) in [6, 6.07) is 17.6. The van der Waals surface area contributed by atoms with Crippen LogP contribution in [0.5, 0.6) is 5.88 Å². The topological polar surface area (TPSA) is 47.0 Å². The van der Waals surface area contributed by atoms with Crippen LogP contribution in [0.2, 0.25) is 0 Å². The second-order valence-electron chi connectivity index (χ2n) is 14.0. The molecule has 0 saturated heterocycles. The van der Waals surface area contributed by atoms with Crippen LogP contribution >= 0.6 is 11.9 Å². The summed E-state index contributed by atoms with van der Waals surface area (Å²) >= 11 is 1.59. The zero-order valence-corrected chi connectivity index (χ0v) is 28.1. The number of ether oxygens (including phenoxy) is 1. The molecule has 4 bridgehead atoms. The van der Waals surface area contributed by atoms with Crippen molar-refractivity contribution in [3.8, 4) is 17.1 Å². The second kappa shape index (κ2) is 16.0. The summed E-state index contributed by atoms with van der Waals surface area (Å²) < 4.78 is 10.1. The van der Waals surface area contributed by atoms with E-state index >= 15 is 0 Å². The maximum Gasteiger partial charge on any atom is 0.237 e. The predicted molar refractivity (Wildman–Crippen MR) is 187 cm³/mol. The molecule has 0 spiro atoms. The lowest BCUT2D eigenvalue weighted by Crippen LogP contribution is -2.28. The number of aryl methyl sites for hydroxylation is 2. The van der Waals surface area contributed by atoms with Crippen LogP contribution in [0.1, 0.15) is 117 Å². The van der Waals surface area contributed by atoms with Crippen LogP contribution in [0.3, 0.4) is 0 Å². The van der Waals surface area contributed by atoms with Gasteiger partial charge in [-0.2, -0.15) is 4.98 Å². The Morgan fingerprint density at radius 1 is 0.930 bits per heavy atom. The number of nitrogens with one attached hydrogen (secondary N) is 1. The monoisotopic (exact) mass is 603 g/mol. The first-order chi connectivity index (χ1) is 20.1. The molecular formula is C38H57N3OS. The van der Waals surface area contributed by atoms with Gasteiger partial charge in [-0.15, -0.1) is 0 Å². The van der Waals surface area contributed by atoms with E-state index < -0.39 is 0 Å². The van der Waals surface area contributed by atoms with Gasteiger partial charge >= 0.3 is 0 Å². The van der Waals surface area contributed by atoms with Crippen molar-refractivity contribution in [2.24, 2.45) is 23.2 Å².